The Bertz CT molecular complexity index is 872. The van der Waals surface area contributed by atoms with Crippen LogP contribution < -0.4 is 5.48 Å². The fraction of sp³-hybridized carbons (Fsp3) is 0.619. The first-order valence-corrected chi connectivity index (χ1v) is 10.7. The number of aliphatic hydroxyl groups is 1. The number of H-pyrrole nitrogens is 1. The van der Waals surface area contributed by atoms with E-state index in [0.717, 1.165) is 29.3 Å². The summed E-state index contributed by atoms with van der Waals surface area (Å²) >= 11 is 6.26. The van der Waals surface area contributed by atoms with Crippen LogP contribution in [0, 0.1) is 17.3 Å². The van der Waals surface area contributed by atoms with Crippen LogP contribution in [0.4, 0.5) is 4.79 Å². The molecule has 1 aliphatic heterocycles. The number of rotatable bonds is 6. The van der Waals surface area contributed by atoms with E-state index >= 15 is 0 Å². The molecule has 158 valence electrons. The molecule has 0 unspecified atom stereocenters. The van der Waals surface area contributed by atoms with Crippen molar-refractivity contribution in [3.63, 3.8) is 0 Å². The molecule has 1 aliphatic carbocycles. The standard InChI is InChI=1S/C21H29ClN4O3/c1-21(2,19(27)17-10-16(22)9-14-11-23-24-18(14)17)15-5-7-26(8-6-15)20(28)25-29-12-13-3-4-13/h9-11,13,15,19,27H,3-8,12H2,1-2H3,(H,23,24)(H,25,28)/t19-/m1/s1. The highest BCUT2D eigenvalue weighted by Crippen LogP contribution is 2.46. The van der Waals surface area contributed by atoms with Gasteiger partial charge in [0.05, 0.1) is 24.4 Å². The summed E-state index contributed by atoms with van der Waals surface area (Å²) in [5, 5.41) is 19.8. The number of hydrogen-bond donors (Lipinski definition) is 3. The summed E-state index contributed by atoms with van der Waals surface area (Å²) in [5.74, 6) is 0.877. The van der Waals surface area contributed by atoms with Crippen molar-refractivity contribution < 1.29 is 14.7 Å². The van der Waals surface area contributed by atoms with Crippen molar-refractivity contribution >= 4 is 28.5 Å². The van der Waals surface area contributed by atoms with E-state index in [-0.39, 0.29) is 17.4 Å². The molecular formula is C21H29ClN4O3. The van der Waals surface area contributed by atoms with E-state index < -0.39 is 6.10 Å². The van der Waals surface area contributed by atoms with Gasteiger partial charge in [-0.1, -0.05) is 25.4 Å². The average molecular weight is 421 g/mol. The molecule has 29 heavy (non-hydrogen) atoms. The van der Waals surface area contributed by atoms with E-state index in [0.29, 0.717) is 30.6 Å². The number of aromatic amines is 1. The molecular weight excluding hydrogens is 392 g/mol. The molecule has 0 spiro atoms. The number of benzene rings is 1. The third-order valence-corrected chi connectivity index (χ3v) is 6.77. The van der Waals surface area contributed by atoms with Crippen LogP contribution in [0.5, 0.6) is 0 Å². The number of aromatic nitrogens is 2. The van der Waals surface area contributed by atoms with Gasteiger partial charge in [-0.25, -0.2) is 10.3 Å². The number of urea groups is 1. The van der Waals surface area contributed by atoms with E-state index in [2.05, 4.69) is 29.5 Å². The first-order valence-electron chi connectivity index (χ1n) is 10.3. The molecule has 1 atom stereocenters. The number of fused-ring (bicyclic) bond motifs is 1. The number of hydrogen-bond acceptors (Lipinski definition) is 4. The molecule has 8 heteroatoms. The minimum Gasteiger partial charge on any atom is -0.388 e. The van der Waals surface area contributed by atoms with Gasteiger partial charge in [0.15, 0.2) is 0 Å². The Morgan fingerprint density at radius 3 is 2.79 bits per heavy atom. The van der Waals surface area contributed by atoms with Gasteiger partial charge in [-0.05, 0) is 55.1 Å². The van der Waals surface area contributed by atoms with Crippen molar-refractivity contribution in [2.75, 3.05) is 19.7 Å². The average Bonchev–Trinajstić information content (AvgIpc) is 3.41. The number of carbonyl (C=O) groups excluding carboxylic acids is 1. The first kappa shape index (κ1) is 20.4. The summed E-state index contributed by atoms with van der Waals surface area (Å²) in [6, 6.07) is 3.48. The van der Waals surface area contributed by atoms with Crippen LogP contribution in [-0.2, 0) is 4.84 Å². The molecule has 1 aromatic heterocycles. The van der Waals surface area contributed by atoms with Gasteiger partial charge < -0.3 is 10.0 Å². The minimum atomic E-state index is -0.698. The van der Waals surface area contributed by atoms with Gasteiger partial charge in [-0.2, -0.15) is 5.10 Å². The molecule has 2 fully saturated rings. The van der Waals surface area contributed by atoms with E-state index in [4.69, 9.17) is 16.4 Å². The second kappa shape index (κ2) is 8.13. The Balaban J connectivity index is 1.38. The van der Waals surface area contributed by atoms with Crippen molar-refractivity contribution in [2.24, 2.45) is 17.3 Å². The number of piperidine rings is 1. The first-order chi connectivity index (χ1) is 13.9. The van der Waals surface area contributed by atoms with Crippen molar-refractivity contribution in [1.82, 2.24) is 20.6 Å². The Morgan fingerprint density at radius 1 is 1.38 bits per heavy atom. The largest absolute Gasteiger partial charge is 0.388 e. The number of amides is 2. The van der Waals surface area contributed by atoms with Gasteiger partial charge in [0.25, 0.3) is 0 Å². The predicted octanol–water partition coefficient (Wildman–Crippen LogP) is 4.04. The smallest absolute Gasteiger partial charge is 0.341 e. The third-order valence-electron chi connectivity index (χ3n) is 6.55. The zero-order valence-electron chi connectivity index (χ0n) is 16.9. The van der Waals surface area contributed by atoms with Crippen LogP contribution in [0.3, 0.4) is 0 Å². The number of likely N-dealkylation sites (tertiary alicyclic amines) is 1. The highest BCUT2D eigenvalue weighted by atomic mass is 35.5. The summed E-state index contributed by atoms with van der Waals surface area (Å²) in [7, 11) is 0. The molecule has 2 aromatic rings. The third kappa shape index (κ3) is 4.37. The molecule has 0 bridgehead atoms. The predicted molar refractivity (Wildman–Crippen MR) is 111 cm³/mol. The van der Waals surface area contributed by atoms with Crippen LogP contribution in [-0.4, -0.2) is 45.9 Å². The molecule has 1 aromatic carbocycles. The van der Waals surface area contributed by atoms with Gasteiger partial charge in [-0.3, -0.25) is 9.94 Å². The molecule has 2 aliphatic rings. The molecule has 3 N–H and O–H groups in total. The summed E-state index contributed by atoms with van der Waals surface area (Å²) in [6.07, 6.45) is 5.05. The number of nitrogens with zero attached hydrogens (tertiary/aromatic N) is 2. The molecule has 4 rings (SSSR count). The van der Waals surface area contributed by atoms with Gasteiger partial charge in [0.1, 0.15) is 0 Å². The highest BCUT2D eigenvalue weighted by molar-refractivity contribution is 6.31. The SMILES string of the molecule is CC(C)(C1CCN(C(=O)NOCC2CC2)CC1)[C@H](O)c1cc(Cl)cc2cn[nH]c12. The highest BCUT2D eigenvalue weighted by Gasteiger charge is 2.40. The Hall–Kier alpha value is -1.83. The summed E-state index contributed by atoms with van der Waals surface area (Å²) in [6.45, 7) is 6.06. The van der Waals surface area contributed by atoms with E-state index in [1.807, 2.05) is 12.1 Å². The summed E-state index contributed by atoms with van der Waals surface area (Å²) in [5.41, 5.74) is 3.77. The van der Waals surface area contributed by atoms with Crippen LogP contribution in [0.25, 0.3) is 10.9 Å². The lowest BCUT2D eigenvalue weighted by Crippen LogP contribution is -2.47. The lowest BCUT2D eigenvalue weighted by molar-refractivity contribution is -0.0182. The number of aliphatic hydroxyl groups excluding tert-OH is 1. The Labute approximate surface area is 175 Å². The van der Waals surface area contributed by atoms with Gasteiger partial charge in [0.2, 0.25) is 0 Å². The number of halogens is 1. The zero-order valence-corrected chi connectivity index (χ0v) is 17.7. The zero-order chi connectivity index (χ0) is 20.6. The normalized spacial score (nSPS) is 19.5. The van der Waals surface area contributed by atoms with Crippen LogP contribution in [0.1, 0.15) is 51.2 Å². The lowest BCUT2D eigenvalue weighted by atomic mass is 9.68. The second-order valence-electron chi connectivity index (χ2n) is 8.98. The molecule has 1 saturated heterocycles. The number of carbonyl (C=O) groups is 1. The Kier molecular flexibility index (Phi) is 5.73. The fourth-order valence-corrected chi connectivity index (χ4v) is 4.52. The number of hydroxylamine groups is 1. The topological polar surface area (TPSA) is 90.5 Å². The van der Waals surface area contributed by atoms with Crippen molar-refractivity contribution in [3.8, 4) is 0 Å². The van der Waals surface area contributed by atoms with Gasteiger partial charge >= 0.3 is 6.03 Å². The number of nitrogens with one attached hydrogen (secondary N) is 2. The Morgan fingerprint density at radius 2 is 2.10 bits per heavy atom. The maximum atomic E-state index is 12.3. The van der Waals surface area contributed by atoms with Crippen molar-refractivity contribution in [2.45, 2.75) is 45.6 Å². The molecule has 2 amide bonds. The molecule has 0 radical (unpaired) electrons. The van der Waals surface area contributed by atoms with E-state index in [1.165, 1.54) is 12.8 Å². The van der Waals surface area contributed by atoms with Crippen LogP contribution in [0.2, 0.25) is 5.02 Å². The molecule has 2 heterocycles. The van der Waals surface area contributed by atoms with E-state index in [9.17, 15) is 9.90 Å². The molecule has 1 saturated carbocycles. The van der Waals surface area contributed by atoms with Crippen molar-refractivity contribution in [1.29, 1.82) is 0 Å². The maximum Gasteiger partial charge on any atom is 0.341 e. The van der Waals surface area contributed by atoms with E-state index in [1.54, 1.807) is 11.1 Å². The minimum absolute atomic E-state index is 0.170. The van der Waals surface area contributed by atoms with Gasteiger partial charge in [0, 0.05) is 29.1 Å². The monoisotopic (exact) mass is 420 g/mol. The fourth-order valence-electron chi connectivity index (χ4n) is 4.28. The van der Waals surface area contributed by atoms with Crippen molar-refractivity contribution in [3.05, 3.63) is 28.9 Å². The lowest BCUT2D eigenvalue weighted by Gasteiger charge is -2.43. The molecule has 7 nitrogen and oxygen atoms in total. The van der Waals surface area contributed by atoms with Gasteiger partial charge in [-0.15, -0.1) is 0 Å². The van der Waals surface area contributed by atoms with Crippen LogP contribution >= 0.6 is 11.6 Å². The summed E-state index contributed by atoms with van der Waals surface area (Å²) in [4.78, 5) is 19.4. The summed E-state index contributed by atoms with van der Waals surface area (Å²) < 4.78 is 0. The second-order valence-corrected chi connectivity index (χ2v) is 9.41. The maximum absolute atomic E-state index is 12.3. The van der Waals surface area contributed by atoms with Crippen LogP contribution in [0.15, 0.2) is 18.3 Å². The quantitative estimate of drug-likeness (QED) is 0.615.